The van der Waals surface area contributed by atoms with Crippen molar-refractivity contribution in [3.05, 3.63) is 126 Å². The lowest BCUT2D eigenvalue weighted by molar-refractivity contribution is -0.119. The van der Waals surface area contributed by atoms with Gasteiger partial charge in [-0.15, -0.1) is 0 Å². The first-order valence-electron chi connectivity index (χ1n) is 14.4. The van der Waals surface area contributed by atoms with Crippen molar-refractivity contribution in [1.29, 1.82) is 0 Å². The normalized spacial score (nSPS) is 10.7. The van der Waals surface area contributed by atoms with E-state index in [2.05, 4.69) is 5.32 Å². The van der Waals surface area contributed by atoms with Crippen molar-refractivity contribution < 1.29 is 28.6 Å². The van der Waals surface area contributed by atoms with Crippen LogP contribution < -0.4 is 10.1 Å². The Bertz CT molecular complexity index is 1740. The van der Waals surface area contributed by atoms with Gasteiger partial charge in [0, 0.05) is 16.6 Å². The van der Waals surface area contributed by atoms with Crippen LogP contribution in [0.2, 0.25) is 0 Å². The molecular weight excluding hydrogens is 556 g/mol. The van der Waals surface area contributed by atoms with E-state index in [-0.39, 0.29) is 0 Å². The fraction of sp³-hybridized carbons (Fsp3) is 0.167. The summed E-state index contributed by atoms with van der Waals surface area (Å²) in [7, 11) is 0. The summed E-state index contributed by atoms with van der Waals surface area (Å²) >= 11 is 0. The minimum atomic E-state index is -0.645. The molecule has 0 saturated carbocycles. The minimum Gasteiger partial charge on any atom is -0.489 e. The van der Waals surface area contributed by atoms with Crippen LogP contribution in [-0.2, 0) is 20.9 Å². The summed E-state index contributed by atoms with van der Waals surface area (Å²) in [6.07, 6.45) is 1.73. The van der Waals surface area contributed by atoms with Gasteiger partial charge < -0.3 is 19.5 Å². The summed E-state index contributed by atoms with van der Waals surface area (Å²) in [5.74, 6) is -0.860. The van der Waals surface area contributed by atoms with Crippen molar-refractivity contribution in [2.24, 2.45) is 0 Å². The number of unbranched alkanes of at least 4 members (excludes halogenated alkanes) is 1. The van der Waals surface area contributed by atoms with E-state index >= 15 is 0 Å². The summed E-state index contributed by atoms with van der Waals surface area (Å²) in [4.78, 5) is 42.6. The molecule has 1 heterocycles. The lowest BCUT2D eigenvalue weighted by atomic mass is 10.0. The summed E-state index contributed by atoms with van der Waals surface area (Å²) in [5, 5.41) is 3.29. The molecule has 5 aromatic rings. The standard InChI is InChI=1S/C36H32N2O6/c1-2-3-21-42-35(40)27-13-17-28(18-14-27)37-34(39)24-44-36(41)31-22-33(38-32-12-8-7-11-30(31)32)26-15-19-29(20-16-26)43-23-25-9-5-4-6-10-25/h4-20,22H,2-3,21,23-24H2,1H3,(H,37,39). The average molecular weight is 589 g/mol. The van der Waals surface area contributed by atoms with Gasteiger partial charge in [0.15, 0.2) is 6.61 Å². The number of hydrogen-bond acceptors (Lipinski definition) is 7. The molecule has 44 heavy (non-hydrogen) atoms. The number of para-hydroxylation sites is 1. The molecule has 1 aromatic heterocycles. The number of ether oxygens (including phenoxy) is 3. The first-order chi connectivity index (χ1) is 21.5. The molecule has 0 saturated heterocycles. The molecule has 0 radical (unpaired) electrons. The predicted molar refractivity (Wildman–Crippen MR) is 168 cm³/mol. The van der Waals surface area contributed by atoms with Gasteiger partial charge in [-0.05, 0) is 72.6 Å². The number of esters is 2. The zero-order valence-electron chi connectivity index (χ0n) is 24.3. The van der Waals surface area contributed by atoms with Gasteiger partial charge in [0.25, 0.3) is 5.91 Å². The molecule has 0 aliphatic rings. The van der Waals surface area contributed by atoms with Crippen molar-refractivity contribution in [3.63, 3.8) is 0 Å². The third kappa shape index (κ3) is 7.86. The largest absolute Gasteiger partial charge is 0.489 e. The maximum atomic E-state index is 13.2. The smallest absolute Gasteiger partial charge is 0.339 e. The maximum Gasteiger partial charge on any atom is 0.339 e. The molecule has 1 amide bonds. The van der Waals surface area contributed by atoms with Crippen LogP contribution in [-0.4, -0.2) is 36.0 Å². The number of nitrogens with one attached hydrogen (secondary N) is 1. The monoisotopic (exact) mass is 588 g/mol. The van der Waals surface area contributed by atoms with Crippen molar-refractivity contribution in [2.75, 3.05) is 18.5 Å². The third-order valence-electron chi connectivity index (χ3n) is 6.80. The minimum absolute atomic E-state index is 0.300. The number of aromatic nitrogens is 1. The fourth-order valence-corrected chi connectivity index (χ4v) is 4.44. The van der Waals surface area contributed by atoms with E-state index in [0.717, 1.165) is 24.0 Å². The SMILES string of the molecule is CCCCOC(=O)c1ccc(NC(=O)COC(=O)c2cc(-c3ccc(OCc4ccccc4)cc3)nc3ccccc23)cc1. The van der Waals surface area contributed by atoms with Crippen molar-refractivity contribution in [2.45, 2.75) is 26.4 Å². The Morgan fingerprint density at radius 2 is 1.50 bits per heavy atom. The molecule has 0 atom stereocenters. The van der Waals surface area contributed by atoms with Gasteiger partial charge in [0.2, 0.25) is 0 Å². The van der Waals surface area contributed by atoms with Crippen LogP contribution in [0.4, 0.5) is 5.69 Å². The number of fused-ring (bicyclic) bond motifs is 1. The Kier molecular flexibility index (Phi) is 9.94. The maximum absolute atomic E-state index is 13.2. The third-order valence-corrected chi connectivity index (χ3v) is 6.80. The number of benzene rings is 4. The van der Waals surface area contributed by atoms with Gasteiger partial charge in [-0.2, -0.15) is 0 Å². The summed E-state index contributed by atoms with van der Waals surface area (Å²) in [5.41, 5.74) is 4.23. The second-order valence-electron chi connectivity index (χ2n) is 10.1. The molecule has 8 nitrogen and oxygen atoms in total. The Balaban J connectivity index is 1.23. The molecule has 0 spiro atoms. The van der Waals surface area contributed by atoms with E-state index in [0.29, 0.717) is 52.4 Å². The lowest BCUT2D eigenvalue weighted by Gasteiger charge is -2.11. The Morgan fingerprint density at radius 3 is 2.25 bits per heavy atom. The number of amides is 1. The van der Waals surface area contributed by atoms with E-state index in [1.807, 2.05) is 79.7 Å². The molecule has 1 N–H and O–H groups in total. The van der Waals surface area contributed by atoms with Gasteiger partial charge >= 0.3 is 11.9 Å². The zero-order chi connectivity index (χ0) is 30.7. The fourth-order valence-electron chi connectivity index (χ4n) is 4.44. The molecule has 0 unspecified atom stereocenters. The Hall–Kier alpha value is -5.50. The first kappa shape index (κ1) is 30.0. The topological polar surface area (TPSA) is 104 Å². The molecular formula is C36H32N2O6. The first-order valence-corrected chi connectivity index (χ1v) is 14.4. The molecule has 4 aromatic carbocycles. The summed E-state index contributed by atoms with van der Waals surface area (Å²) in [6, 6.07) is 32.7. The molecule has 8 heteroatoms. The van der Waals surface area contributed by atoms with Gasteiger partial charge in [-0.3, -0.25) is 4.79 Å². The second-order valence-corrected chi connectivity index (χ2v) is 10.1. The Morgan fingerprint density at radius 1 is 0.773 bits per heavy atom. The lowest BCUT2D eigenvalue weighted by Crippen LogP contribution is -2.21. The Labute approximate surface area is 255 Å². The number of nitrogens with zero attached hydrogens (tertiary/aromatic N) is 1. The highest BCUT2D eigenvalue weighted by Crippen LogP contribution is 2.27. The van der Waals surface area contributed by atoms with Gasteiger partial charge in [-0.1, -0.05) is 61.9 Å². The van der Waals surface area contributed by atoms with E-state index in [1.54, 1.807) is 36.4 Å². The summed E-state index contributed by atoms with van der Waals surface area (Å²) in [6.45, 7) is 2.35. The van der Waals surface area contributed by atoms with Crippen LogP contribution in [0.3, 0.4) is 0 Å². The molecule has 0 aliphatic heterocycles. The van der Waals surface area contributed by atoms with Crippen molar-refractivity contribution >= 4 is 34.4 Å². The quantitative estimate of drug-likeness (QED) is 0.121. The molecule has 0 aliphatic carbocycles. The average Bonchev–Trinajstić information content (AvgIpc) is 3.07. The summed E-state index contributed by atoms with van der Waals surface area (Å²) < 4.78 is 16.5. The van der Waals surface area contributed by atoms with Crippen molar-refractivity contribution in [3.8, 4) is 17.0 Å². The van der Waals surface area contributed by atoms with Crippen LogP contribution in [0.5, 0.6) is 5.75 Å². The van der Waals surface area contributed by atoms with Crippen LogP contribution in [0, 0.1) is 0 Å². The van der Waals surface area contributed by atoms with Crippen LogP contribution in [0.1, 0.15) is 46.0 Å². The highest BCUT2D eigenvalue weighted by atomic mass is 16.5. The number of carbonyl (C=O) groups excluding carboxylic acids is 3. The number of pyridine rings is 1. The van der Waals surface area contributed by atoms with E-state index in [9.17, 15) is 14.4 Å². The molecule has 0 bridgehead atoms. The predicted octanol–water partition coefficient (Wildman–Crippen LogP) is 7.23. The highest BCUT2D eigenvalue weighted by molar-refractivity contribution is 6.05. The number of carbonyl (C=O) groups is 3. The van der Waals surface area contributed by atoms with Crippen LogP contribution in [0.25, 0.3) is 22.2 Å². The molecule has 5 rings (SSSR count). The van der Waals surface area contributed by atoms with Crippen LogP contribution in [0.15, 0.2) is 109 Å². The number of hydrogen-bond donors (Lipinski definition) is 1. The highest BCUT2D eigenvalue weighted by Gasteiger charge is 2.17. The second kappa shape index (κ2) is 14.6. The van der Waals surface area contributed by atoms with Gasteiger partial charge in [-0.25, -0.2) is 14.6 Å². The molecule has 0 fully saturated rings. The zero-order valence-corrected chi connectivity index (χ0v) is 24.3. The van der Waals surface area contributed by atoms with Crippen LogP contribution >= 0.6 is 0 Å². The number of anilines is 1. The number of rotatable bonds is 12. The van der Waals surface area contributed by atoms with E-state index < -0.39 is 24.5 Å². The van der Waals surface area contributed by atoms with E-state index in [1.165, 1.54) is 0 Å². The van der Waals surface area contributed by atoms with Crippen molar-refractivity contribution in [1.82, 2.24) is 4.98 Å². The van der Waals surface area contributed by atoms with E-state index in [4.69, 9.17) is 19.2 Å². The van der Waals surface area contributed by atoms with Gasteiger partial charge in [0.05, 0.1) is 28.9 Å². The molecule has 222 valence electrons. The van der Waals surface area contributed by atoms with Gasteiger partial charge in [0.1, 0.15) is 12.4 Å².